The molecule has 0 saturated heterocycles. The van der Waals surface area contributed by atoms with Crippen LogP contribution >= 0.6 is 34.5 Å². The highest BCUT2D eigenvalue weighted by atomic mass is 35.5. The lowest BCUT2D eigenvalue weighted by Crippen LogP contribution is -2.37. The average molecular weight is 461 g/mol. The molecule has 0 spiro atoms. The third kappa shape index (κ3) is 4.60. The van der Waals surface area contributed by atoms with Gasteiger partial charge in [0, 0.05) is 23.1 Å². The molecule has 4 N–H and O–H groups in total. The molecule has 6 nitrogen and oxygen atoms in total. The summed E-state index contributed by atoms with van der Waals surface area (Å²) in [5, 5.41) is 6.89. The van der Waals surface area contributed by atoms with Crippen LogP contribution in [0, 0.1) is 0 Å². The predicted molar refractivity (Wildman–Crippen MR) is 122 cm³/mol. The first-order valence-corrected chi connectivity index (χ1v) is 10.7. The largest absolute Gasteiger partial charge is 0.467 e. The minimum Gasteiger partial charge on any atom is -0.467 e. The zero-order chi connectivity index (χ0) is 21.1. The van der Waals surface area contributed by atoms with E-state index in [0.29, 0.717) is 27.9 Å². The standard InChI is InChI=1S/C21H18Cl2N4O2S/c22-17-10-15(25-11-13-7-4-8-29-13)20-19(27-17)18(23)16(30-20)9-14(24)21(28)26-12-5-2-1-3-6-12/h1-8,10,14H,9,11,24H2,(H,25,27)(H,26,28). The van der Waals surface area contributed by atoms with Gasteiger partial charge in [0.15, 0.2) is 0 Å². The van der Waals surface area contributed by atoms with Gasteiger partial charge in [-0.25, -0.2) is 4.98 Å². The number of nitrogens with two attached hydrogens (primary N) is 1. The first kappa shape index (κ1) is 20.7. The molecule has 1 aromatic carbocycles. The van der Waals surface area contributed by atoms with E-state index in [1.165, 1.54) is 11.3 Å². The third-order valence-corrected chi connectivity index (χ3v) is 6.38. The van der Waals surface area contributed by atoms with Crippen LogP contribution in [0.15, 0.2) is 59.2 Å². The fourth-order valence-electron chi connectivity index (χ4n) is 2.96. The Morgan fingerprint density at radius 3 is 2.73 bits per heavy atom. The van der Waals surface area contributed by atoms with Crippen LogP contribution in [0.2, 0.25) is 10.2 Å². The molecule has 0 saturated carbocycles. The maximum Gasteiger partial charge on any atom is 0.241 e. The Morgan fingerprint density at radius 1 is 1.20 bits per heavy atom. The summed E-state index contributed by atoms with van der Waals surface area (Å²) in [6.45, 7) is 0.492. The molecule has 0 bridgehead atoms. The molecular formula is C21H18Cl2N4O2S. The van der Waals surface area contributed by atoms with Gasteiger partial charge >= 0.3 is 0 Å². The molecule has 0 aliphatic heterocycles. The molecule has 3 aromatic heterocycles. The molecular weight excluding hydrogens is 443 g/mol. The molecule has 4 aromatic rings. The number of thiophene rings is 1. The van der Waals surface area contributed by atoms with E-state index >= 15 is 0 Å². The van der Waals surface area contributed by atoms with Crippen LogP contribution in [0.5, 0.6) is 0 Å². The SMILES string of the molecule is NC(Cc1sc2c(NCc3ccco3)cc(Cl)nc2c1Cl)C(=O)Nc1ccccc1. The Kier molecular flexibility index (Phi) is 6.24. The number of carbonyl (C=O) groups excluding carboxylic acids is 1. The number of hydrogen-bond acceptors (Lipinski definition) is 6. The van der Waals surface area contributed by atoms with E-state index < -0.39 is 6.04 Å². The molecule has 1 unspecified atom stereocenters. The topological polar surface area (TPSA) is 93.2 Å². The van der Waals surface area contributed by atoms with Crippen molar-refractivity contribution in [3.05, 3.63) is 75.6 Å². The van der Waals surface area contributed by atoms with Crippen molar-refractivity contribution in [2.24, 2.45) is 5.73 Å². The Labute approximate surface area is 187 Å². The molecule has 1 atom stereocenters. The number of furan rings is 1. The molecule has 9 heteroatoms. The van der Waals surface area contributed by atoms with Gasteiger partial charge in [-0.2, -0.15) is 0 Å². The van der Waals surface area contributed by atoms with Crippen LogP contribution < -0.4 is 16.4 Å². The normalized spacial score (nSPS) is 12.1. The summed E-state index contributed by atoms with van der Waals surface area (Å²) in [6.07, 6.45) is 1.90. The summed E-state index contributed by atoms with van der Waals surface area (Å²) in [7, 11) is 0. The zero-order valence-electron chi connectivity index (χ0n) is 15.7. The van der Waals surface area contributed by atoms with Crippen LogP contribution in [0.1, 0.15) is 10.6 Å². The summed E-state index contributed by atoms with van der Waals surface area (Å²) in [5.41, 5.74) is 8.21. The molecule has 4 rings (SSSR count). The second-order valence-electron chi connectivity index (χ2n) is 6.61. The highest BCUT2D eigenvalue weighted by Crippen LogP contribution is 2.40. The summed E-state index contributed by atoms with van der Waals surface area (Å²) < 4.78 is 6.21. The van der Waals surface area contributed by atoms with Gasteiger partial charge in [-0.1, -0.05) is 41.4 Å². The highest BCUT2D eigenvalue weighted by Gasteiger charge is 2.21. The summed E-state index contributed by atoms with van der Waals surface area (Å²) in [4.78, 5) is 17.6. The number of pyridine rings is 1. The maximum atomic E-state index is 12.5. The fraction of sp³-hybridized carbons (Fsp3) is 0.143. The second-order valence-corrected chi connectivity index (χ2v) is 8.48. The van der Waals surface area contributed by atoms with Crippen molar-refractivity contribution in [1.82, 2.24) is 4.98 Å². The molecule has 154 valence electrons. The van der Waals surface area contributed by atoms with Crippen molar-refractivity contribution in [3.8, 4) is 0 Å². The summed E-state index contributed by atoms with van der Waals surface area (Å²) in [5.74, 6) is 0.510. The minimum atomic E-state index is -0.759. The van der Waals surface area contributed by atoms with Gasteiger partial charge in [0.2, 0.25) is 5.91 Å². The van der Waals surface area contributed by atoms with Crippen LogP contribution in [-0.4, -0.2) is 16.9 Å². The van der Waals surface area contributed by atoms with E-state index in [2.05, 4.69) is 15.6 Å². The molecule has 30 heavy (non-hydrogen) atoms. The lowest BCUT2D eigenvalue weighted by atomic mass is 10.1. The molecule has 1 amide bonds. The molecule has 0 aliphatic carbocycles. The summed E-state index contributed by atoms with van der Waals surface area (Å²) >= 11 is 14.2. The molecule has 3 heterocycles. The highest BCUT2D eigenvalue weighted by molar-refractivity contribution is 7.20. The van der Waals surface area contributed by atoms with E-state index in [1.807, 2.05) is 30.3 Å². The van der Waals surface area contributed by atoms with Gasteiger partial charge < -0.3 is 20.8 Å². The van der Waals surface area contributed by atoms with Gasteiger partial charge in [-0.3, -0.25) is 4.79 Å². The van der Waals surface area contributed by atoms with Crippen LogP contribution in [0.4, 0.5) is 11.4 Å². The smallest absolute Gasteiger partial charge is 0.241 e. The lowest BCUT2D eigenvalue weighted by Gasteiger charge is -2.11. The van der Waals surface area contributed by atoms with Gasteiger partial charge in [0.1, 0.15) is 16.4 Å². The predicted octanol–water partition coefficient (Wildman–Crippen LogP) is 5.32. The number of fused-ring (bicyclic) bond motifs is 1. The molecule has 0 aliphatic rings. The van der Waals surface area contributed by atoms with Gasteiger partial charge in [0.25, 0.3) is 0 Å². The van der Waals surface area contributed by atoms with E-state index in [-0.39, 0.29) is 12.3 Å². The van der Waals surface area contributed by atoms with E-state index in [0.717, 1.165) is 21.0 Å². The number of halogens is 2. The van der Waals surface area contributed by atoms with Gasteiger partial charge in [-0.15, -0.1) is 11.3 Å². The second kappa shape index (κ2) is 9.06. The van der Waals surface area contributed by atoms with E-state index in [1.54, 1.807) is 24.5 Å². The number of para-hydroxylation sites is 1. The number of benzene rings is 1. The number of hydrogen-bond donors (Lipinski definition) is 3. The number of rotatable bonds is 7. The maximum absolute atomic E-state index is 12.5. The van der Waals surface area contributed by atoms with Crippen molar-refractivity contribution >= 4 is 62.0 Å². The number of carbonyl (C=O) groups is 1. The third-order valence-electron chi connectivity index (χ3n) is 4.44. The van der Waals surface area contributed by atoms with Crippen molar-refractivity contribution < 1.29 is 9.21 Å². The van der Waals surface area contributed by atoms with Gasteiger partial charge in [-0.05, 0) is 24.3 Å². The van der Waals surface area contributed by atoms with E-state index in [4.69, 9.17) is 33.4 Å². The number of amides is 1. The minimum absolute atomic E-state index is 0.281. The molecule has 0 radical (unpaired) electrons. The fourth-order valence-corrected chi connectivity index (χ4v) is 4.72. The Morgan fingerprint density at radius 2 is 2.00 bits per heavy atom. The average Bonchev–Trinajstić information content (AvgIpc) is 3.36. The van der Waals surface area contributed by atoms with Crippen LogP contribution in [0.3, 0.4) is 0 Å². The zero-order valence-corrected chi connectivity index (χ0v) is 18.0. The van der Waals surface area contributed by atoms with Gasteiger partial charge in [0.05, 0.1) is 34.3 Å². The Bertz CT molecular complexity index is 1160. The number of nitrogens with one attached hydrogen (secondary N) is 2. The Balaban J connectivity index is 1.54. The van der Waals surface area contributed by atoms with Crippen molar-refractivity contribution in [1.29, 1.82) is 0 Å². The number of anilines is 2. The monoisotopic (exact) mass is 460 g/mol. The van der Waals surface area contributed by atoms with E-state index in [9.17, 15) is 4.79 Å². The first-order chi connectivity index (χ1) is 14.5. The van der Waals surface area contributed by atoms with Crippen LogP contribution in [0.25, 0.3) is 10.2 Å². The summed E-state index contributed by atoms with van der Waals surface area (Å²) in [6, 6.07) is 13.9. The Hall–Kier alpha value is -2.58. The van der Waals surface area contributed by atoms with Crippen LogP contribution in [-0.2, 0) is 17.8 Å². The number of aromatic nitrogens is 1. The van der Waals surface area contributed by atoms with Crippen molar-refractivity contribution in [2.75, 3.05) is 10.6 Å². The number of nitrogens with zero attached hydrogens (tertiary/aromatic N) is 1. The quantitative estimate of drug-likeness (QED) is 0.324. The van der Waals surface area contributed by atoms with Crippen molar-refractivity contribution in [2.45, 2.75) is 19.0 Å². The first-order valence-electron chi connectivity index (χ1n) is 9.16. The molecule has 0 fully saturated rings. The lowest BCUT2D eigenvalue weighted by molar-refractivity contribution is -0.117. The van der Waals surface area contributed by atoms with Crippen molar-refractivity contribution in [3.63, 3.8) is 0 Å².